The highest BCUT2D eigenvalue weighted by Crippen LogP contribution is 2.21. The predicted molar refractivity (Wildman–Crippen MR) is 77.4 cm³/mol. The number of rotatable bonds is 6. The third-order valence-electron chi connectivity index (χ3n) is 3.35. The molecule has 1 aromatic heterocycles. The fourth-order valence-electron chi connectivity index (χ4n) is 2.22. The van der Waals surface area contributed by atoms with Gasteiger partial charge in [-0.1, -0.05) is 25.1 Å². The number of nitriles is 1. The lowest BCUT2D eigenvalue weighted by atomic mass is 10.1. The van der Waals surface area contributed by atoms with Gasteiger partial charge >= 0.3 is 0 Å². The van der Waals surface area contributed by atoms with E-state index in [2.05, 4.69) is 6.07 Å². The summed E-state index contributed by atoms with van der Waals surface area (Å²) in [4.78, 5) is 14.4. The zero-order valence-corrected chi connectivity index (χ0v) is 11.8. The Morgan fingerprint density at radius 2 is 2.20 bits per heavy atom. The minimum Gasteiger partial charge on any atom is -0.464 e. The van der Waals surface area contributed by atoms with E-state index in [1.807, 2.05) is 43.0 Å². The molecule has 2 rings (SSSR count). The number of ketones is 1. The van der Waals surface area contributed by atoms with Crippen LogP contribution in [0.1, 0.15) is 24.2 Å². The van der Waals surface area contributed by atoms with Crippen LogP contribution in [0, 0.1) is 17.2 Å². The van der Waals surface area contributed by atoms with E-state index >= 15 is 0 Å². The summed E-state index contributed by atoms with van der Waals surface area (Å²) in [6.45, 7) is 5.51. The number of carbonyl (C=O) groups is 1. The molecule has 1 heterocycles. The van der Waals surface area contributed by atoms with Crippen LogP contribution in [0.15, 0.2) is 34.9 Å². The Balaban J connectivity index is 2.13. The maximum Gasteiger partial charge on any atom is 0.180 e. The number of hydrogen-bond acceptors (Lipinski definition) is 4. The highest BCUT2D eigenvalue weighted by Gasteiger charge is 2.17. The summed E-state index contributed by atoms with van der Waals surface area (Å²) in [7, 11) is 0. The SMILES string of the molecule is CCN(CC(=O)c1coc2ccccc12)CC(C)C#N. The first-order valence-corrected chi connectivity index (χ1v) is 6.77. The van der Waals surface area contributed by atoms with Gasteiger partial charge in [-0.3, -0.25) is 9.69 Å². The van der Waals surface area contributed by atoms with Crippen molar-refractivity contribution >= 4 is 16.8 Å². The third kappa shape index (κ3) is 3.06. The number of Topliss-reactive ketones (excluding diaryl/α,β-unsaturated/α-hetero) is 1. The smallest absolute Gasteiger partial charge is 0.180 e. The Hall–Kier alpha value is -2.12. The van der Waals surface area contributed by atoms with Crippen LogP contribution in [-0.2, 0) is 0 Å². The van der Waals surface area contributed by atoms with Gasteiger partial charge in [-0.05, 0) is 19.5 Å². The molecule has 1 unspecified atom stereocenters. The van der Waals surface area contributed by atoms with Crippen LogP contribution < -0.4 is 0 Å². The van der Waals surface area contributed by atoms with E-state index in [1.54, 1.807) is 0 Å². The van der Waals surface area contributed by atoms with Gasteiger partial charge in [0.05, 0.1) is 24.1 Å². The van der Waals surface area contributed by atoms with Gasteiger partial charge in [0.1, 0.15) is 11.8 Å². The Bertz CT molecular complexity index is 639. The summed E-state index contributed by atoms with van der Waals surface area (Å²) in [6.07, 6.45) is 1.52. The Kier molecular flexibility index (Phi) is 4.54. The van der Waals surface area contributed by atoms with Crippen molar-refractivity contribution in [1.82, 2.24) is 4.90 Å². The maximum atomic E-state index is 12.4. The van der Waals surface area contributed by atoms with Crippen molar-refractivity contribution in [2.75, 3.05) is 19.6 Å². The molecule has 0 spiro atoms. The summed E-state index contributed by atoms with van der Waals surface area (Å²) in [5, 5.41) is 9.71. The average molecular weight is 270 g/mol. The highest BCUT2D eigenvalue weighted by molar-refractivity contribution is 6.08. The lowest BCUT2D eigenvalue weighted by molar-refractivity contribution is 0.0930. The molecule has 0 amide bonds. The number of benzene rings is 1. The summed E-state index contributed by atoms with van der Waals surface area (Å²) < 4.78 is 5.40. The number of fused-ring (bicyclic) bond motifs is 1. The van der Waals surface area contributed by atoms with Gasteiger partial charge in [-0.15, -0.1) is 0 Å². The number of hydrogen-bond donors (Lipinski definition) is 0. The highest BCUT2D eigenvalue weighted by atomic mass is 16.3. The fourth-order valence-corrected chi connectivity index (χ4v) is 2.22. The van der Waals surface area contributed by atoms with E-state index in [1.165, 1.54) is 6.26 Å². The molecule has 0 aliphatic carbocycles. The fraction of sp³-hybridized carbons (Fsp3) is 0.375. The van der Waals surface area contributed by atoms with Crippen LogP contribution in [0.25, 0.3) is 11.0 Å². The maximum absolute atomic E-state index is 12.4. The number of nitrogens with zero attached hydrogens (tertiary/aromatic N) is 2. The minimum atomic E-state index is -0.0798. The van der Waals surface area contributed by atoms with E-state index in [9.17, 15) is 4.79 Å². The molecule has 0 bridgehead atoms. The van der Waals surface area contributed by atoms with Crippen molar-refractivity contribution < 1.29 is 9.21 Å². The number of likely N-dealkylation sites (N-methyl/N-ethyl adjacent to an activating group) is 1. The molecule has 4 nitrogen and oxygen atoms in total. The first kappa shape index (κ1) is 14.3. The van der Waals surface area contributed by atoms with Gasteiger partial charge in [0, 0.05) is 11.9 Å². The molecule has 0 saturated heterocycles. The predicted octanol–water partition coefficient (Wildman–Crippen LogP) is 3.10. The van der Waals surface area contributed by atoms with Gasteiger partial charge in [0.15, 0.2) is 5.78 Å². The number of furan rings is 1. The molecule has 2 aromatic rings. The molecule has 0 aliphatic rings. The molecule has 0 saturated carbocycles. The largest absolute Gasteiger partial charge is 0.464 e. The summed E-state index contributed by atoms with van der Waals surface area (Å²) in [6, 6.07) is 9.71. The van der Waals surface area contributed by atoms with E-state index < -0.39 is 0 Å². The summed E-state index contributed by atoms with van der Waals surface area (Å²) in [5.74, 6) is -0.0502. The van der Waals surface area contributed by atoms with Gasteiger partial charge in [0.2, 0.25) is 0 Å². The molecule has 1 aromatic carbocycles. The minimum absolute atomic E-state index is 0.0296. The molecular weight excluding hydrogens is 252 g/mol. The van der Waals surface area contributed by atoms with Crippen LogP contribution in [0.2, 0.25) is 0 Å². The molecular formula is C16H18N2O2. The Morgan fingerprint density at radius 3 is 2.90 bits per heavy atom. The van der Waals surface area contributed by atoms with Crippen molar-refractivity contribution in [2.24, 2.45) is 5.92 Å². The zero-order chi connectivity index (χ0) is 14.5. The van der Waals surface area contributed by atoms with E-state index in [0.717, 1.165) is 17.5 Å². The number of carbonyl (C=O) groups excluding carboxylic acids is 1. The Morgan fingerprint density at radius 1 is 1.45 bits per heavy atom. The van der Waals surface area contributed by atoms with Crippen LogP contribution in [0.5, 0.6) is 0 Å². The van der Waals surface area contributed by atoms with E-state index in [4.69, 9.17) is 9.68 Å². The molecule has 20 heavy (non-hydrogen) atoms. The number of para-hydroxylation sites is 1. The monoisotopic (exact) mass is 270 g/mol. The van der Waals surface area contributed by atoms with Gasteiger partial charge < -0.3 is 4.42 Å². The first-order valence-electron chi connectivity index (χ1n) is 6.77. The average Bonchev–Trinajstić information content (AvgIpc) is 2.90. The molecule has 0 N–H and O–H groups in total. The first-order chi connectivity index (χ1) is 9.65. The van der Waals surface area contributed by atoms with Crippen molar-refractivity contribution in [3.8, 4) is 6.07 Å². The van der Waals surface area contributed by atoms with E-state index in [0.29, 0.717) is 18.7 Å². The second kappa shape index (κ2) is 6.36. The quantitative estimate of drug-likeness (QED) is 0.757. The molecule has 0 radical (unpaired) electrons. The lowest BCUT2D eigenvalue weighted by Gasteiger charge is -2.20. The molecule has 0 aliphatic heterocycles. The second-order valence-electron chi connectivity index (χ2n) is 4.93. The molecule has 1 atom stereocenters. The second-order valence-corrected chi connectivity index (χ2v) is 4.93. The van der Waals surface area contributed by atoms with Crippen LogP contribution in [0.4, 0.5) is 0 Å². The van der Waals surface area contributed by atoms with Crippen molar-refractivity contribution in [3.63, 3.8) is 0 Å². The van der Waals surface area contributed by atoms with Crippen molar-refractivity contribution in [2.45, 2.75) is 13.8 Å². The normalized spacial score (nSPS) is 12.5. The molecule has 4 heteroatoms. The topological polar surface area (TPSA) is 57.2 Å². The van der Waals surface area contributed by atoms with Crippen molar-refractivity contribution in [3.05, 3.63) is 36.1 Å². The van der Waals surface area contributed by atoms with Crippen LogP contribution >= 0.6 is 0 Å². The van der Waals surface area contributed by atoms with Crippen LogP contribution in [0.3, 0.4) is 0 Å². The lowest BCUT2D eigenvalue weighted by Crippen LogP contribution is -2.33. The van der Waals surface area contributed by atoms with Crippen molar-refractivity contribution in [1.29, 1.82) is 5.26 Å². The van der Waals surface area contributed by atoms with E-state index in [-0.39, 0.29) is 11.7 Å². The third-order valence-corrected chi connectivity index (χ3v) is 3.35. The van der Waals surface area contributed by atoms with Gasteiger partial charge in [-0.2, -0.15) is 5.26 Å². The standard InChI is InChI=1S/C16H18N2O2/c1-3-18(9-12(2)8-17)10-15(19)14-11-20-16-7-5-4-6-13(14)16/h4-7,11-12H,3,9-10H2,1-2H3. The summed E-state index contributed by atoms with van der Waals surface area (Å²) in [5.41, 5.74) is 1.34. The zero-order valence-electron chi connectivity index (χ0n) is 11.8. The molecule has 104 valence electrons. The van der Waals surface area contributed by atoms with Gasteiger partial charge in [0.25, 0.3) is 0 Å². The molecule has 0 fully saturated rings. The van der Waals surface area contributed by atoms with Gasteiger partial charge in [-0.25, -0.2) is 0 Å². The van der Waals surface area contributed by atoms with Crippen LogP contribution in [-0.4, -0.2) is 30.3 Å². The summed E-state index contributed by atoms with van der Waals surface area (Å²) >= 11 is 0. The Labute approximate surface area is 118 Å².